The molecule has 0 saturated carbocycles. The van der Waals surface area contributed by atoms with Crippen LogP contribution in [0.3, 0.4) is 0 Å². The predicted molar refractivity (Wildman–Crippen MR) is 65.6 cm³/mol. The lowest BCUT2D eigenvalue weighted by molar-refractivity contribution is -0.121. The van der Waals surface area contributed by atoms with Crippen LogP contribution in [0.25, 0.3) is 0 Å². The molecule has 1 fully saturated rings. The Bertz CT molecular complexity index is 376. The fourth-order valence-electron chi connectivity index (χ4n) is 2.06. The highest BCUT2D eigenvalue weighted by molar-refractivity contribution is 5.77. The number of nitrogens with one attached hydrogen (secondary N) is 2. The van der Waals surface area contributed by atoms with Crippen molar-refractivity contribution < 1.29 is 9.90 Å². The van der Waals surface area contributed by atoms with E-state index in [1.54, 1.807) is 0 Å². The average molecular weight is 234 g/mol. The van der Waals surface area contributed by atoms with E-state index in [1.807, 2.05) is 24.3 Å². The minimum absolute atomic E-state index is 0.0967. The van der Waals surface area contributed by atoms with Crippen LogP contribution in [0.4, 0.5) is 0 Å². The average Bonchev–Trinajstić information content (AvgIpc) is 2.55. The van der Waals surface area contributed by atoms with Gasteiger partial charge in [-0.15, -0.1) is 0 Å². The Morgan fingerprint density at radius 2 is 2.00 bits per heavy atom. The number of hydrogen-bond acceptors (Lipinski definition) is 3. The van der Waals surface area contributed by atoms with Crippen LogP contribution in [-0.2, 0) is 11.2 Å². The van der Waals surface area contributed by atoms with Gasteiger partial charge in [-0.3, -0.25) is 4.79 Å². The number of carbonyl (C=O) groups is 1. The molecule has 1 aromatic carbocycles. The Kier molecular flexibility index (Phi) is 4.12. The molecule has 0 bridgehead atoms. The maximum Gasteiger partial charge on any atom is 0.221 e. The molecule has 3 N–H and O–H groups in total. The first kappa shape index (κ1) is 12.1. The summed E-state index contributed by atoms with van der Waals surface area (Å²) in [5.41, 5.74) is 2.25. The summed E-state index contributed by atoms with van der Waals surface area (Å²) in [5, 5.41) is 15.0. The lowest BCUT2D eigenvalue weighted by atomic mass is 10.0. The van der Waals surface area contributed by atoms with Crippen molar-refractivity contribution in [2.45, 2.75) is 18.9 Å². The third kappa shape index (κ3) is 3.28. The van der Waals surface area contributed by atoms with Crippen LogP contribution in [0.15, 0.2) is 24.3 Å². The van der Waals surface area contributed by atoms with Gasteiger partial charge in [-0.2, -0.15) is 0 Å². The van der Waals surface area contributed by atoms with Crippen molar-refractivity contribution in [3.8, 4) is 0 Å². The molecule has 4 nitrogen and oxygen atoms in total. The van der Waals surface area contributed by atoms with Gasteiger partial charge in [-0.25, -0.2) is 0 Å². The molecule has 1 aliphatic rings. The van der Waals surface area contributed by atoms with E-state index in [1.165, 1.54) is 0 Å². The Balaban J connectivity index is 2.07. The first-order chi connectivity index (χ1) is 8.29. The summed E-state index contributed by atoms with van der Waals surface area (Å²) in [7, 11) is 0. The Morgan fingerprint density at radius 1 is 1.24 bits per heavy atom. The van der Waals surface area contributed by atoms with Gasteiger partial charge in [0.15, 0.2) is 0 Å². The van der Waals surface area contributed by atoms with Crippen LogP contribution >= 0.6 is 0 Å². The third-order valence-electron chi connectivity index (χ3n) is 3.01. The topological polar surface area (TPSA) is 61.4 Å². The van der Waals surface area contributed by atoms with Gasteiger partial charge in [0.05, 0.1) is 0 Å². The molecular formula is C13H18N2O2. The van der Waals surface area contributed by atoms with E-state index in [9.17, 15) is 4.79 Å². The molecular weight excluding hydrogens is 216 g/mol. The number of hydrogen-bond donors (Lipinski definition) is 3. The van der Waals surface area contributed by atoms with Crippen LogP contribution < -0.4 is 10.6 Å². The van der Waals surface area contributed by atoms with Crippen LogP contribution in [0.1, 0.15) is 23.6 Å². The molecule has 1 aliphatic heterocycles. The normalized spacial score (nSPS) is 20.8. The number of aliphatic hydroxyl groups excluding tert-OH is 1. The zero-order chi connectivity index (χ0) is 12.1. The Hall–Kier alpha value is -1.39. The summed E-state index contributed by atoms with van der Waals surface area (Å²) >= 11 is 0. The summed E-state index contributed by atoms with van der Waals surface area (Å²) in [5.74, 6) is 0.0967. The van der Waals surface area contributed by atoms with Crippen molar-refractivity contribution >= 4 is 5.91 Å². The second-order valence-electron chi connectivity index (χ2n) is 4.28. The molecule has 0 aromatic heterocycles. The molecule has 4 heteroatoms. The van der Waals surface area contributed by atoms with Gasteiger partial charge in [-0.05, 0) is 17.5 Å². The molecule has 1 unspecified atom stereocenters. The van der Waals surface area contributed by atoms with E-state index in [-0.39, 0.29) is 18.6 Å². The molecule has 1 amide bonds. The van der Waals surface area contributed by atoms with Gasteiger partial charge >= 0.3 is 0 Å². The molecule has 1 saturated heterocycles. The minimum atomic E-state index is 0.0967. The zero-order valence-electron chi connectivity index (χ0n) is 9.78. The quantitative estimate of drug-likeness (QED) is 0.708. The lowest BCUT2D eigenvalue weighted by Crippen LogP contribution is -2.24. The maximum atomic E-state index is 11.5. The number of carbonyl (C=O) groups excluding carboxylic acids is 1. The van der Waals surface area contributed by atoms with Crippen molar-refractivity contribution in [2.75, 3.05) is 19.7 Å². The fraction of sp³-hybridized carbons (Fsp3) is 0.462. The van der Waals surface area contributed by atoms with Crippen LogP contribution in [-0.4, -0.2) is 30.7 Å². The smallest absolute Gasteiger partial charge is 0.221 e. The molecule has 1 aromatic rings. The van der Waals surface area contributed by atoms with Crippen molar-refractivity contribution in [1.29, 1.82) is 0 Å². The van der Waals surface area contributed by atoms with E-state index in [0.29, 0.717) is 19.4 Å². The van der Waals surface area contributed by atoms with E-state index >= 15 is 0 Å². The monoisotopic (exact) mass is 234 g/mol. The Labute approximate surface area is 101 Å². The van der Waals surface area contributed by atoms with E-state index in [4.69, 9.17) is 5.11 Å². The lowest BCUT2D eigenvalue weighted by Gasteiger charge is -2.15. The summed E-state index contributed by atoms with van der Waals surface area (Å²) in [6.07, 6.45) is 1.16. The molecule has 1 heterocycles. The highest BCUT2D eigenvalue weighted by Gasteiger charge is 2.17. The van der Waals surface area contributed by atoms with Crippen molar-refractivity contribution in [3.63, 3.8) is 0 Å². The second kappa shape index (κ2) is 5.80. The number of benzene rings is 1. The van der Waals surface area contributed by atoms with Gasteiger partial charge in [0.1, 0.15) is 0 Å². The van der Waals surface area contributed by atoms with Crippen molar-refractivity contribution in [2.24, 2.45) is 0 Å². The molecule has 0 spiro atoms. The van der Waals surface area contributed by atoms with Crippen LogP contribution in [0, 0.1) is 0 Å². The number of rotatable bonds is 3. The minimum Gasteiger partial charge on any atom is -0.396 e. The second-order valence-corrected chi connectivity index (χ2v) is 4.28. The number of aliphatic hydroxyl groups is 1. The standard InChI is InChI=1S/C13H18N2O2/c16-8-5-10-1-3-11(4-2-10)12-9-13(17)15-7-6-14-12/h1-4,12,14,16H,5-9H2,(H,15,17). The van der Waals surface area contributed by atoms with E-state index < -0.39 is 0 Å². The first-order valence-electron chi connectivity index (χ1n) is 5.99. The molecule has 17 heavy (non-hydrogen) atoms. The highest BCUT2D eigenvalue weighted by Crippen LogP contribution is 2.18. The molecule has 1 atom stereocenters. The van der Waals surface area contributed by atoms with Gasteiger partial charge in [0, 0.05) is 32.2 Å². The van der Waals surface area contributed by atoms with Crippen molar-refractivity contribution in [1.82, 2.24) is 10.6 Å². The number of amides is 1. The summed E-state index contributed by atoms with van der Waals surface area (Å²) in [4.78, 5) is 11.5. The molecule has 92 valence electrons. The third-order valence-corrected chi connectivity index (χ3v) is 3.01. The molecule has 0 aliphatic carbocycles. The van der Waals surface area contributed by atoms with E-state index in [2.05, 4.69) is 10.6 Å². The predicted octanol–water partition coefficient (Wildman–Crippen LogP) is 0.372. The SMILES string of the molecule is O=C1CC(c2ccc(CCO)cc2)NCCN1. The highest BCUT2D eigenvalue weighted by atomic mass is 16.2. The molecule has 2 rings (SSSR count). The van der Waals surface area contributed by atoms with Gasteiger partial charge in [0.2, 0.25) is 5.91 Å². The maximum absolute atomic E-state index is 11.5. The van der Waals surface area contributed by atoms with Crippen LogP contribution in [0.2, 0.25) is 0 Å². The Morgan fingerprint density at radius 3 is 2.71 bits per heavy atom. The fourth-order valence-corrected chi connectivity index (χ4v) is 2.06. The first-order valence-corrected chi connectivity index (χ1v) is 5.99. The summed E-state index contributed by atoms with van der Waals surface area (Å²) < 4.78 is 0. The largest absolute Gasteiger partial charge is 0.396 e. The van der Waals surface area contributed by atoms with E-state index in [0.717, 1.165) is 17.7 Å². The zero-order valence-corrected chi connectivity index (χ0v) is 9.78. The summed E-state index contributed by atoms with van der Waals surface area (Å²) in [6.45, 7) is 1.66. The molecule has 0 radical (unpaired) electrons. The van der Waals surface area contributed by atoms with Gasteiger partial charge in [-0.1, -0.05) is 24.3 Å². The van der Waals surface area contributed by atoms with Gasteiger partial charge in [0.25, 0.3) is 0 Å². The van der Waals surface area contributed by atoms with Gasteiger partial charge < -0.3 is 15.7 Å². The van der Waals surface area contributed by atoms with Crippen molar-refractivity contribution in [3.05, 3.63) is 35.4 Å². The van der Waals surface area contributed by atoms with Crippen LogP contribution in [0.5, 0.6) is 0 Å². The summed E-state index contributed by atoms with van der Waals surface area (Å²) in [6, 6.07) is 8.18.